The molecule has 5 nitrogen and oxygen atoms in total. The minimum atomic E-state index is -0.916. The second-order valence-corrected chi connectivity index (χ2v) is 7.31. The molecule has 2 heterocycles. The lowest BCUT2D eigenvalue weighted by Gasteiger charge is -2.12. The standard InChI is InChI=1S/C17H21N3O2S/c1-3-4-9-16(21)18-17-13-10-23(22)11-14(13)19-20(17)15-8-6-5-7-12(15)2/h5-8H,3-4,9-11H2,1-2H3,(H,18,21). The Balaban J connectivity index is 2.00. The van der Waals surface area contributed by atoms with Gasteiger partial charge in [0.2, 0.25) is 5.91 Å². The topological polar surface area (TPSA) is 64.0 Å². The monoisotopic (exact) mass is 331 g/mol. The van der Waals surface area contributed by atoms with Crippen LogP contribution in [0, 0.1) is 6.92 Å². The number of amides is 1. The predicted octanol–water partition coefficient (Wildman–Crippen LogP) is 3.07. The molecule has 23 heavy (non-hydrogen) atoms. The van der Waals surface area contributed by atoms with Gasteiger partial charge in [0, 0.05) is 22.8 Å². The zero-order valence-electron chi connectivity index (χ0n) is 13.5. The summed E-state index contributed by atoms with van der Waals surface area (Å²) in [5, 5.41) is 7.61. The number of carbonyl (C=O) groups excluding carboxylic acids is 1. The lowest BCUT2D eigenvalue weighted by atomic mass is 10.2. The van der Waals surface area contributed by atoms with E-state index in [1.807, 2.05) is 31.2 Å². The zero-order chi connectivity index (χ0) is 16.4. The first kappa shape index (κ1) is 15.9. The summed E-state index contributed by atoms with van der Waals surface area (Å²) in [6.07, 6.45) is 2.33. The van der Waals surface area contributed by atoms with Gasteiger partial charge in [-0.15, -0.1) is 0 Å². The molecule has 6 heteroatoms. The molecule has 0 saturated heterocycles. The summed E-state index contributed by atoms with van der Waals surface area (Å²) in [6.45, 7) is 4.08. The summed E-state index contributed by atoms with van der Waals surface area (Å²) in [5.41, 5.74) is 3.77. The molecule has 1 unspecified atom stereocenters. The number of nitrogens with one attached hydrogen (secondary N) is 1. The highest BCUT2D eigenvalue weighted by Gasteiger charge is 2.28. The Morgan fingerprint density at radius 3 is 2.87 bits per heavy atom. The van der Waals surface area contributed by atoms with Crippen molar-refractivity contribution in [3.63, 3.8) is 0 Å². The number of carbonyl (C=O) groups is 1. The van der Waals surface area contributed by atoms with Gasteiger partial charge in [-0.05, 0) is 25.0 Å². The van der Waals surface area contributed by atoms with Gasteiger partial charge in [-0.3, -0.25) is 9.00 Å². The fourth-order valence-electron chi connectivity index (χ4n) is 2.76. The summed E-state index contributed by atoms with van der Waals surface area (Å²) >= 11 is 0. The maximum atomic E-state index is 12.2. The Kier molecular flexibility index (Phi) is 4.61. The number of para-hydroxylation sites is 1. The molecule has 1 aliphatic rings. The Morgan fingerprint density at radius 1 is 1.35 bits per heavy atom. The van der Waals surface area contributed by atoms with Gasteiger partial charge in [0.15, 0.2) is 0 Å². The van der Waals surface area contributed by atoms with Gasteiger partial charge in [-0.25, -0.2) is 4.68 Å². The Morgan fingerprint density at radius 2 is 2.13 bits per heavy atom. The lowest BCUT2D eigenvalue weighted by molar-refractivity contribution is -0.116. The van der Waals surface area contributed by atoms with Crippen molar-refractivity contribution in [3.05, 3.63) is 41.1 Å². The Hall–Kier alpha value is -1.95. The maximum absolute atomic E-state index is 12.2. The second-order valence-electron chi connectivity index (χ2n) is 5.85. The molecular formula is C17H21N3O2S. The first-order valence-electron chi connectivity index (χ1n) is 7.91. The van der Waals surface area contributed by atoms with Crippen molar-refractivity contribution < 1.29 is 9.00 Å². The van der Waals surface area contributed by atoms with Crippen LogP contribution in [0.3, 0.4) is 0 Å². The van der Waals surface area contributed by atoms with E-state index in [2.05, 4.69) is 17.3 Å². The summed E-state index contributed by atoms with van der Waals surface area (Å²) in [7, 11) is -0.916. The van der Waals surface area contributed by atoms with Crippen LogP contribution in [0.2, 0.25) is 0 Å². The number of aryl methyl sites for hydroxylation is 1. The molecule has 3 rings (SSSR count). The SMILES string of the molecule is CCCCC(=O)Nc1c2c(nn1-c1ccccc1C)CS(=O)C2. The summed E-state index contributed by atoms with van der Waals surface area (Å²) < 4.78 is 13.6. The quantitative estimate of drug-likeness (QED) is 0.916. The van der Waals surface area contributed by atoms with Crippen LogP contribution >= 0.6 is 0 Å². The van der Waals surface area contributed by atoms with Crippen molar-refractivity contribution in [2.24, 2.45) is 0 Å². The molecule has 0 radical (unpaired) electrons. The van der Waals surface area contributed by atoms with E-state index in [0.717, 1.165) is 35.3 Å². The van der Waals surface area contributed by atoms with Crippen molar-refractivity contribution in [2.75, 3.05) is 5.32 Å². The van der Waals surface area contributed by atoms with Gasteiger partial charge < -0.3 is 5.32 Å². The molecule has 1 atom stereocenters. The smallest absolute Gasteiger partial charge is 0.225 e. The van der Waals surface area contributed by atoms with Gasteiger partial charge in [-0.1, -0.05) is 31.5 Å². The molecule has 0 saturated carbocycles. The first-order valence-corrected chi connectivity index (χ1v) is 9.40. The minimum Gasteiger partial charge on any atom is -0.310 e. The van der Waals surface area contributed by atoms with E-state index >= 15 is 0 Å². The molecule has 1 N–H and O–H groups in total. The molecule has 0 spiro atoms. The van der Waals surface area contributed by atoms with Gasteiger partial charge in [0.25, 0.3) is 0 Å². The van der Waals surface area contributed by atoms with E-state index < -0.39 is 10.8 Å². The van der Waals surface area contributed by atoms with Gasteiger partial charge in [0.1, 0.15) is 5.82 Å². The van der Waals surface area contributed by atoms with E-state index in [0.29, 0.717) is 23.7 Å². The third kappa shape index (κ3) is 3.22. The third-order valence-electron chi connectivity index (χ3n) is 4.03. The molecule has 1 aromatic carbocycles. The fraction of sp³-hybridized carbons (Fsp3) is 0.412. The van der Waals surface area contributed by atoms with Gasteiger partial charge >= 0.3 is 0 Å². The predicted molar refractivity (Wildman–Crippen MR) is 92.0 cm³/mol. The maximum Gasteiger partial charge on any atom is 0.225 e. The van der Waals surface area contributed by atoms with Crippen LogP contribution in [0.4, 0.5) is 5.82 Å². The van der Waals surface area contributed by atoms with E-state index in [4.69, 9.17) is 0 Å². The van der Waals surface area contributed by atoms with Crippen LogP contribution in [0.25, 0.3) is 5.69 Å². The number of nitrogens with zero attached hydrogens (tertiary/aromatic N) is 2. The van der Waals surface area contributed by atoms with Crippen molar-refractivity contribution in [2.45, 2.75) is 44.6 Å². The van der Waals surface area contributed by atoms with Crippen LogP contribution in [0.5, 0.6) is 0 Å². The van der Waals surface area contributed by atoms with Gasteiger partial charge in [-0.2, -0.15) is 5.10 Å². The number of unbranched alkanes of at least 4 members (excludes halogenated alkanes) is 1. The zero-order valence-corrected chi connectivity index (χ0v) is 14.3. The number of anilines is 1. The Bertz CT molecular complexity index is 767. The van der Waals surface area contributed by atoms with Crippen LogP contribution in [0.15, 0.2) is 24.3 Å². The van der Waals surface area contributed by atoms with Crippen molar-refractivity contribution in [3.8, 4) is 5.69 Å². The molecule has 122 valence electrons. The number of hydrogen-bond donors (Lipinski definition) is 1. The van der Waals surface area contributed by atoms with Crippen molar-refractivity contribution >= 4 is 22.5 Å². The van der Waals surface area contributed by atoms with Crippen LogP contribution < -0.4 is 5.32 Å². The highest BCUT2D eigenvalue weighted by Crippen LogP contribution is 2.32. The average Bonchev–Trinajstić information content (AvgIpc) is 3.03. The first-order chi connectivity index (χ1) is 11.1. The van der Waals surface area contributed by atoms with Crippen molar-refractivity contribution in [1.82, 2.24) is 9.78 Å². The molecule has 0 bridgehead atoms. The number of rotatable bonds is 5. The van der Waals surface area contributed by atoms with E-state index in [1.54, 1.807) is 4.68 Å². The van der Waals surface area contributed by atoms with E-state index in [9.17, 15) is 9.00 Å². The Labute approximate surface area is 138 Å². The summed E-state index contributed by atoms with van der Waals surface area (Å²) in [5.74, 6) is 1.60. The molecule has 1 aliphatic heterocycles. The fourth-order valence-corrected chi connectivity index (χ4v) is 4.03. The molecular weight excluding hydrogens is 310 g/mol. The van der Waals surface area contributed by atoms with Crippen LogP contribution in [-0.2, 0) is 27.1 Å². The number of hydrogen-bond acceptors (Lipinski definition) is 3. The molecule has 2 aromatic rings. The lowest BCUT2D eigenvalue weighted by Crippen LogP contribution is -2.16. The molecule has 1 aromatic heterocycles. The van der Waals surface area contributed by atoms with E-state index in [1.165, 1.54) is 0 Å². The third-order valence-corrected chi connectivity index (χ3v) is 5.23. The normalized spacial score (nSPS) is 16.3. The van der Waals surface area contributed by atoms with Crippen LogP contribution in [0.1, 0.15) is 43.0 Å². The average molecular weight is 331 g/mol. The number of aromatic nitrogens is 2. The highest BCUT2D eigenvalue weighted by molar-refractivity contribution is 7.83. The molecule has 0 fully saturated rings. The highest BCUT2D eigenvalue weighted by atomic mass is 32.2. The number of benzene rings is 1. The largest absolute Gasteiger partial charge is 0.310 e. The second kappa shape index (κ2) is 6.66. The molecule has 0 aliphatic carbocycles. The van der Waals surface area contributed by atoms with Crippen molar-refractivity contribution in [1.29, 1.82) is 0 Å². The summed E-state index contributed by atoms with van der Waals surface area (Å²) in [4.78, 5) is 12.2. The van der Waals surface area contributed by atoms with E-state index in [-0.39, 0.29) is 5.91 Å². The number of fused-ring (bicyclic) bond motifs is 1. The summed E-state index contributed by atoms with van der Waals surface area (Å²) in [6, 6.07) is 7.93. The van der Waals surface area contributed by atoms with Crippen LogP contribution in [-0.4, -0.2) is 19.9 Å². The minimum absolute atomic E-state index is 0.0120. The van der Waals surface area contributed by atoms with Gasteiger partial charge in [0.05, 0.1) is 22.9 Å². The molecule has 1 amide bonds.